The number of hydrogen-bond donors (Lipinski definition) is 1. The van der Waals surface area contributed by atoms with Gasteiger partial charge in [-0.1, -0.05) is 18.2 Å². The van der Waals surface area contributed by atoms with Crippen molar-refractivity contribution in [2.24, 2.45) is 5.73 Å². The molecule has 1 aliphatic heterocycles. The standard InChI is InChI=1S/C14H22N2/c1-10-6-5-7-11(2)13(10)16-9-12(15)8-14(16,3)4/h5-7,12H,8-9,15H2,1-4H3. The number of benzene rings is 1. The second-order valence-electron chi connectivity index (χ2n) is 5.63. The molecule has 2 rings (SSSR count). The van der Waals surface area contributed by atoms with Crippen LogP contribution in [-0.4, -0.2) is 18.1 Å². The van der Waals surface area contributed by atoms with Gasteiger partial charge in [0.25, 0.3) is 0 Å². The lowest BCUT2D eigenvalue weighted by Crippen LogP contribution is -2.39. The summed E-state index contributed by atoms with van der Waals surface area (Å²) in [6.07, 6.45) is 1.07. The van der Waals surface area contributed by atoms with Gasteiger partial charge in [0.05, 0.1) is 0 Å². The number of rotatable bonds is 1. The van der Waals surface area contributed by atoms with Crippen molar-refractivity contribution in [3.05, 3.63) is 29.3 Å². The number of aryl methyl sites for hydroxylation is 2. The second kappa shape index (κ2) is 3.77. The molecule has 0 aromatic heterocycles. The average Bonchev–Trinajstić information content (AvgIpc) is 2.39. The maximum atomic E-state index is 6.10. The monoisotopic (exact) mass is 218 g/mol. The predicted molar refractivity (Wildman–Crippen MR) is 69.9 cm³/mol. The van der Waals surface area contributed by atoms with Crippen molar-refractivity contribution < 1.29 is 0 Å². The van der Waals surface area contributed by atoms with Crippen LogP contribution in [0.2, 0.25) is 0 Å². The van der Waals surface area contributed by atoms with E-state index in [9.17, 15) is 0 Å². The fraction of sp³-hybridized carbons (Fsp3) is 0.571. The molecule has 1 heterocycles. The van der Waals surface area contributed by atoms with E-state index in [2.05, 4.69) is 50.8 Å². The van der Waals surface area contributed by atoms with Crippen molar-refractivity contribution in [2.45, 2.75) is 45.7 Å². The number of hydrogen-bond acceptors (Lipinski definition) is 2. The van der Waals surface area contributed by atoms with Crippen molar-refractivity contribution in [3.63, 3.8) is 0 Å². The van der Waals surface area contributed by atoms with Crippen LogP contribution in [0.4, 0.5) is 5.69 Å². The minimum atomic E-state index is 0.177. The summed E-state index contributed by atoms with van der Waals surface area (Å²) in [6, 6.07) is 6.79. The summed E-state index contributed by atoms with van der Waals surface area (Å²) in [5, 5.41) is 0. The van der Waals surface area contributed by atoms with Gasteiger partial charge < -0.3 is 10.6 Å². The SMILES string of the molecule is Cc1cccc(C)c1N1CC(N)CC1(C)C. The number of nitrogens with zero attached hydrogens (tertiary/aromatic N) is 1. The van der Waals surface area contributed by atoms with Gasteiger partial charge in [-0.3, -0.25) is 0 Å². The highest BCUT2D eigenvalue weighted by Gasteiger charge is 2.37. The molecule has 88 valence electrons. The lowest BCUT2D eigenvalue weighted by Gasteiger charge is -2.35. The minimum Gasteiger partial charge on any atom is -0.364 e. The zero-order chi connectivity index (χ0) is 11.9. The van der Waals surface area contributed by atoms with E-state index >= 15 is 0 Å². The smallest absolute Gasteiger partial charge is 0.0430 e. The molecule has 1 unspecified atom stereocenters. The zero-order valence-electron chi connectivity index (χ0n) is 10.7. The van der Waals surface area contributed by atoms with Gasteiger partial charge in [-0.15, -0.1) is 0 Å². The lowest BCUT2D eigenvalue weighted by atomic mass is 9.98. The van der Waals surface area contributed by atoms with Crippen LogP contribution in [0.25, 0.3) is 0 Å². The summed E-state index contributed by atoms with van der Waals surface area (Å²) in [5.41, 5.74) is 10.3. The highest BCUT2D eigenvalue weighted by molar-refractivity contribution is 5.61. The van der Waals surface area contributed by atoms with Gasteiger partial charge >= 0.3 is 0 Å². The van der Waals surface area contributed by atoms with E-state index in [0.717, 1.165) is 13.0 Å². The summed E-state index contributed by atoms with van der Waals surface area (Å²) >= 11 is 0. The number of para-hydroxylation sites is 1. The molecule has 0 bridgehead atoms. The van der Waals surface area contributed by atoms with Crippen LogP contribution in [0.5, 0.6) is 0 Å². The summed E-state index contributed by atoms with van der Waals surface area (Å²) in [6.45, 7) is 9.90. The molecule has 1 aromatic rings. The van der Waals surface area contributed by atoms with Crippen LogP contribution in [0.3, 0.4) is 0 Å². The third-order valence-corrected chi connectivity index (χ3v) is 3.62. The number of anilines is 1. The normalized spacial score (nSPS) is 23.8. The first-order valence-corrected chi connectivity index (χ1v) is 6.01. The highest BCUT2D eigenvalue weighted by Crippen LogP contribution is 2.36. The molecular weight excluding hydrogens is 196 g/mol. The first-order valence-electron chi connectivity index (χ1n) is 6.01. The van der Waals surface area contributed by atoms with E-state index in [1.54, 1.807) is 0 Å². The number of nitrogens with two attached hydrogens (primary N) is 1. The summed E-state index contributed by atoms with van der Waals surface area (Å²) < 4.78 is 0. The van der Waals surface area contributed by atoms with E-state index < -0.39 is 0 Å². The molecule has 2 N–H and O–H groups in total. The van der Waals surface area contributed by atoms with Gasteiger partial charge in [0.2, 0.25) is 0 Å². The van der Waals surface area contributed by atoms with E-state index in [-0.39, 0.29) is 5.54 Å². The van der Waals surface area contributed by atoms with Crippen LogP contribution >= 0.6 is 0 Å². The van der Waals surface area contributed by atoms with E-state index in [4.69, 9.17) is 5.73 Å². The molecule has 1 fully saturated rings. The highest BCUT2D eigenvalue weighted by atomic mass is 15.2. The van der Waals surface area contributed by atoms with Crippen LogP contribution in [0, 0.1) is 13.8 Å². The zero-order valence-corrected chi connectivity index (χ0v) is 10.7. The maximum Gasteiger partial charge on any atom is 0.0430 e. The van der Waals surface area contributed by atoms with Gasteiger partial charge in [-0.2, -0.15) is 0 Å². The summed E-state index contributed by atoms with van der Waals surface area (Å²) in [4.78, 5) is 2.47. The fourth-order valence-corrected chi connectivity index (χ4v) is 2.92. The van der Waals surface area contributed by atoms with Crippen molar-refractivity contribution >= 4 is 5.69 Å². The summed E-state index contributed by atoms with van der Waals surface area (Å²) in [5.74, 6) is 0. The maximum absolute atomic E-state index is 6.10. The first-order chi connectivity index (χ1) is 7.42. The first kappa shape index (κ1) is 11.5. The Morgan fingerprint density at radius 1 is 1.25 bits per heavy atom. The van der Waals surface area contributed by atoms with Crippen LogP contribution in [0.1, 0.15) is 31.4 Å². The van der Waals surface area contributed by atoms with Gasteiger partial charge in [-0.25, -0.2) is 0 Å². The summed E-state index contributed by atoms with van der Waals surface area (Å²) in [7, 11) is 0. The van der Waals surface area contributed by atoms with Gasteiger partial charge in [-0.05, 0) is 45.2 Å². The molecule has 1 aliphatic rings. The minimum absolute atomic E-state index is 0.177. The molecule has 0 amide bonds. The molecule has 0 saturated carbocycles. The van der Waals surface area contributed by atoms with Crippen molar-refractivity contribution in [1.82, 2.24) is 0 Å². The van der Waals surface area contributed by atoms with Crippen molar-refractivity contribution in [1.29, 1.82) is 0 Å². The Labute approximate surface area is 98.4 Å². The Morgan fingerprint density at radius 2 is 1.81 bits per heavy atom. The topological polar surface area (TPSA) is 29.3 Å². The predicted octanol–water partition coefficient (Wildman–Crippen LogP) is 2.62. The Bertz CT molecular complexity index is 375. The third kappa shape index (κ3) is 1.82. The third-order valence-electron chi connectivity index (χ3n) is 3.62. The quantitative estimate of drug-likeness (QED) is 0.785. The molecule has 1 saturated heterocycles. The van der Waals surface area contributed by atoms with Crippen LogP contribution < -0.4 is 10.6 Å². The lowest BCUT2D eigenvalue weighted by molar-refractivity contribution is 0.505. The van der Waals surface area contributed by atoms with Gasteiger partial charge in [0.15, 0.2) is 0 Å². The fourth-order valence-electron chi connectivity index (χ4n) is 2.92. The molecular formula is C14H22N2. The molecule has 1 atom stereocenters. The van der Waals surface area contributed by atoms with Crippen LogP contribution in [0.15, 0.2) is 18.2 Å². The Kier molecular flexibility index (Phi) is 2.70. The molecule has 16 heavy (non-hydrogen) atoms. The molecule has 1 aromatic carbocycles. The Hall–Kier alpha value is -1.02. The Balaban J connectivity index is 2.45. The molecule has 2 heteroatoms. The van der Waals surface area contributed by atoms with Gasteiger partial charge in [0.1, 0.15) is 0 Å². The Morgan fingerprint density at radius 3 is 2.25 bits per heavy atom. The second-order valence-corrected chi connectivity index (χ2v) is 5.63. The molecule has 2 nitrogen and oxygen atoms in total. The van der Waals surface area contributed by atoms with Crippen LogP contribution in [-0.2, 0) is 0 Å². The van der Waals surface area contributed by atoms with Gasteiger partial charge in [0, 0.05) is 23.8 Å². The van der Waals surface area contributed by atoms with E-state index in [1.165, 1.54) is 16.8 Å². The molecule has 0 aliphatic carbocycles. The average molecular weight is 218 g/mol. The van der Waals surface area contributed by atoms with Crippen molar-refractivity contribution in [3.8, 4) is 0 Å². The van der Waals surface area contributed by atoms with E-state index in [1.807, 2.05) is 0 Å². The molecule has 0 spiro atoms. The van der Waals surface area contributed by atoms with Crippen molar-refractivity contribution in [2.75, 3.05) is 11.4 Å². The van der Waals surface area contributed by atoms with E-state index in [0.29, 0.717) is 6.04 Å². The molecule has 0 radical (unpaired) electrons. The largest absolute Gasteiger partial charge is 0.364 e.